The maximum atomic E-state index is 6.07. The molecular formula is C13H21BO2. The number of hydrogen-bond donors (Lipinski definition) is 0. The van der Waals surface area contributed by atoms with Gasteiger partial charge >= 0.3 is 7.12 Å². The van der Waals surface area contributed by atoms with E-state index in [1.54, 1.807) is 0 Å². The zero-order chi connectivity index (χ0) is 12.1. The molecule has 1 aliphatic carbocycles. The summed E-state index contributed by atoms with van der Waals surface area (Å²) >= 11 is 0. The molecule has 0 spiro atoms. The summed E-state index contributed by atoms with van der Waals surface area (Å²) in [6.07, 6.45) is 3.28. The molecule has 3 heteroatoms. The van der Waals surface area contributed by atoms with E-state index in [-0.39, 0.29) is 18.3 Å². The van der Waals surface area contributed by atoms with E-state index in [9.17, 15) is 0 Å². The Bertz CT molecular complexity index is 361. The monoisotopic (exact) mass is 220 g/mol. The Labute approximate surface area is 98.8 Å². The summed E-state index contributed by atoms with van der Waals surface area (Å²) in [5.74, 6) is 0. The predicted molar refractivity (Wildman–Crippen MR) is 67.2 cm³/mol. The van der Waals surface area contributed by atoms with Gasteiger partial charge in [-0.1, -0.05) is 17.2 Å². The molecule has 1 aliphatic heterocycles. The fourth-order valence-electron chi connectivity index (χ4n) is 2.21. The van der Waals surface area contributed by atoms with Crippen molar-refractivity contribution in [3.8, 4) is 0 Å². The van der Waals surface area contributed by atoms with Gasteiger partial charge in [0.25, 0.3) is 0 Å². The maximum absolute atomic E-state index is 6.07. The molecule has 1 heterocycles. The van der Waals surface area contributed by atoms with Crippen LogP contribution >= 0.6 is 0 Å². The fraction of sp³-hybridized carbons (Fsp3) is 0.692. The molecule has 2 aliphatic rings. The van der Waals surface area contributed by atoms with Gasteiger partial charge in [-0.05, 0) is 53.4 Å². The first kappa shape index (κ1) is 11.9. The first-order chi connectivity index (χ1) is 7.24. The summed E-state index contributed by atoms with van der Waals surface area (Å²) in [6, 6.07) is 0. The third-order valence-corrected chi connectivity index (χ3v) is 4.09. The lowest BCUT2D eigenvalue weighted by Crippen LogP contribution is -2.41. The number of rotatable bonds is 1. The van der Waals surface area contributed by atoms with Crippen molar-refractivity contribution >= 4 is 7.12 Å². The van der Waals surface area contributed by atoms with Gasteiger partial charge in [-0.2, -0.15) is 0 Å². The van der Waals surface area contributed by atoms with Crippen molar-refractivity contribution in [1.29, 1.82) is 0 Å². The van der Waals surface area contributed by atoms with Gasteiger partial charge in [-0.25, -0.2) is 0 Å². The molecule has 2 rings (SSSR count). The highest BCUT2D eigenvalue weighted by molar-refractivity contribution is 6.56. The molecule has 0 amide bonds. The lowest BCUT2D eigenvalue weighted by Gasteiger charge is -2.32. The Kier molecular flexibility index (Phi) is 2.59. The Morgan fingerprint density at radius 3 is 1.94 bits per heavy atom. The molecule has 0 bridgehead atoms. The SMILES string of the molecule is CC1=CCC(C)=C1B1OC(C)(C)C(C)(C)O1. The summed E-state index contributed by atoms with van der Waals surface area (Å²) in [7, 11) is -0.191. The average Bonchev–Trinajstić information content (AvgIpc) is 2.52. The lowest BCUT2D eigenvalue weighted by atomic mass is 9.73. The Morgan fingerprint density at radius 1 is 1.06 bits per heavy atom. The van der Waals surface area contributed by atoms with Gasteiger partial charge in [0.1, 0.15) is 0 Å². The molecule has 0 aromatic rings. The molecule has 0 unspecified atom stereocenters. The van der Waals surface area contributed by atoms with Crippen molar-refractivity contribution in [2.24, 2.45) is 0 Å². The minimum atomic E-state index is -0.242. The summed E-state index contributed by atoms with van der Waals surface area (Å²) in [5, 5.41) is 0. The first-order valence-electron chi connectivity index (χ1n) is 5.97. The topological polar surface area (TPSA) is 18.5 Å². The molecule has 1 saturated heterocycles. The predicted octanol–water partition coefficient (Wildman–Crippen LogP) is 3.28. The van der Waals surface area contributed by atoms with Gasteiger partial charge in [0.15, 0.2) is 0 Å². The highest BCUT2D eigenvalue weighted by atomic mass is 16.7. The van der Waals surface area contributed by atoms with Crippen LogP contribution in [-0.2, 0) is 9.31 Å². The standard InChI is InChI=1S/C13H21BO2/c1-9-7-8-10(2)11(9)14-15-12(3,4)13(5,6)16-14/h7H,8H2,1-6H3. The van der Waals surface area contributed by atoms with Crippen LogP contribution in [-0.4, -0.2) is 18.3 Å². The van der Waals surface area contributed by atoms with Crippen molar-refractivity contribution in [3.63, 3.8) is 0 Å². The molecular weight excluding hydrogens is 199 g/mol. The van der Waals surface area contributed by atoms with Crippen molar-refractivity contribution in [2.75, 3.05) is 0 Å². The number of allylic oxidation sites excluding steroid dienone is 4. The van der Waals surface area contributed by atoms with Gasteiger partial charge in [0.05, 0.1) is 11.2 Å². The van der Waals surface area contributed by atoms with Gasteiger partial charge in [0.2, 0.25) is 0 Å². The van der Waals surface area contributed by atoms with E-state index in [0.29, 0.717) is 0 Å². The highest BCUT2D eigenvalue weighted by Crippen LogP contribution is 2.41. The Morgan fingerprint density at radius 2 is 1.56 bits per heavy atom. The molecule has 0 aromatic heterocycles. The summed E-state index contributed by atoms with van der Waals surface area (Å²) in [6.45, 7) is 12.7. The van der Waals surface area contributed by atoms with Crippen molar-refractivity contribution < 1.29 is 9.31 Å². The third kappa shape index (κ3) is 1.66. The van der Waals surface area contributed by atoms with Crippen LogP contribution in [0.3, 0.4) is 0 Å². The van der Waals surface area contributed by atoms with E-state index >= 15 is 0 Å². The lowest BCUT2D eigenvalue weighted by molar-refractivity contribution is 0.00578. The van der Waals surface area contributed by atoms with E-state index in [2.05, 4.69) is 47.6 Å². The smallest absolute Gasteiger partial charge is 0.399 e. The molecule has 2 nitrogen and oxygen atoms in total. The molecule has 0 N–H and O–H groups in total. The van der Waals surface area contributed by atoms with Crippen molar-refractivity contribution in [1.82, 2.24) is 0 Å². The minimum Gasteiger partial charge on any atom is -0.399 e. The molecule has 1 fully saturated rings. The average molecular weight is 220 g/mol. The van der Waals surface area contributed by atoms with E-state index in [1.165, 1.54) is 16.6 Å². The Hall–Kier alpha value is -0.535. The zero-order valence-corrected chi connectivity index (χ0v) is 11.2. The van der Waals surface area contributed by atoms with Crippen LogP contribution in [0.2, 0.25) is 0 Å². The summed E-state index contributed by atoms with van der Waals surface area (Å²) < 4.78 is 12.1. The largest absolute Gasteiger partial charge is 0.495 e. The van der Waals surface area contributed by atoms with Gasteiger partial charge < -0.3 is 9.31 Å². The second kappa shape index (κ2) is 3.48. The van der Waals surface area contributed by atoms with E-state index < -0.39 is 0 Å². The van der Waals surface area contributed by atoms with E-state index in [4.69, 9.17) is 9.31 Å². The van der Waals surface area contributed by atoms with Gasteiger partial charge in [0, 0.05) is 0 Å². The minimum absolute atomic E-state index is 0.191. The van der Waals surface area contributed by atoms with E-state index in [1.807, 2.05) is 0 Å². The van der Waals surface area contributed by atoms with Crippen LogP contribution in [0.1, 0.15) is 48.0 Å². The zero-order valence-electron chi connectivity index (χ0n) is 11.2. The number of hydrogen-bond acceptors (Lipinski definition) is 2. The quantitative estimate of drug-likeness (QED) is 0.631. The van der Waals surface area contributed by atoms with Crippen LogP contribution in [0.25, 0.3) is 0 Å². The normalized spacial score (nSPS) is 27.6. The van der Waals surface area contributed by atoms with Crippen LogP contribution < -0.4 is 0 Å². The van der Waals surface area contributed by atoms with Gasteiger partial charge in [-0.3, -0.25) is 0 Å². The van der Waals surface area contributed by atoms with Crippen LogP contribution in [0, 0.1) is 0 Å². The summed E-state index contributed by atoms with van der Waals surface area (Å²) in [4.78, 5) is 0. The second-order valence-corrected chi connectivity index (χ2v) is 5.87. The Balaban J connectivity index is 2.28. The molecule has 16 heavy (non-hydrogen) atoms. The molecule has 0 aromatic carbocycles. The second-order valence-electron chi connectivity index (χ2n) is 5.87. The molecule has 0 radical (unpaired) electrons. The molecule has 0 atom stereocenters. The summed E-state index contributed by atoms with van der Waals surface area (Å²) in [5.41, 5.74) is 3.44. The van der Waals surface area contributed by atoms with Crippen molar-refractivity contribution in [2.45, 2.75) is 59.2 Å². The third-order valence-electron chi connectivity index (χ3n) is 4.09. The maximum Gasteiger partial charge on any atom is 0.495 e. The highest BCUT2D eigenvalue weighted by Gasteiger charge is 2.53. The molecule has 0 saturated carbocycles. The van der Waals surface area contributed by atoms with Crippen molar-refractivity contribution in [3.05, 3.63) is 22.7 Å². The molecule has 88 valence electrons. The first-order valence-corrected chi connectivity index (χ1v) is 5.97. The van der Waals surface area contributed by atoms with Gasteiger partial charge in [-0.15, -0.1) is 0 Å². The fourth-order valence-corrected chi connectivity index (χ4v) is 2.21. The van der Waals surface area contributed by atoms with Crippen LogP contribution in [0.4, 0.5) is 0 Å². The van der Waals surface area contributed by atoms with Crippen LogP contribution in [0.5, 0.6) is 0 Å². The van der Waals surface area contributed by atoms with E-state index in [0.717, 1.165) is 6.42 Å². The van der Waals surface area contributed by atoms with Crippen LogP contribution in [0.15, 0.2) is 22.7 Å².